The van der Waals surface area contributed by atoms with Crippen LogP contribution in [-0.4, -0.2) is 11.2 Å². The largest absolute Gasteiger partial charge is 0.465 e. The second-order valence-electron chi connectivity index (χ2n) is 3.83. The fourth-order valence-corrected chi connectivity index (χ4v) is 1.78. The average Bonchev–Trinajstić information content (AvgIpc) is 2.38. The predicted octanol–water partition coefficient (Wildman–Crippen LogP) is 4.02. The summed E-state index contributed by atoms with van der Waals surface area (Å²) in [6.07, 6.45) is -0.976. The van der Waals surface area contributed by atoms with Crippen LogP contribution in [0.2, 0.25) is 5.02 Å². The van der Waals surface area contributed by atoms with Crippen molar-refractivity contribution in [1.82, 2.24) is 0 Å². The van der Waals surface area contributed by atoms with E-state index in [0.29, 0.717) is 17.3 Å². The Balaban J connectivity index is 2.22. The lowest BCUT2D eigenvalue weighted by Crippen LogP contribution is -2.28. The minimum absolute atomic E-state index is 0.302. The molecule has 0 aliphatic heterocycles. The molecule has 0 saturated carbocycles. The van der Waals surface area contributed by atoms with E-state index in [4.69, 9.17) is 11.6 Å². The molecule has 0 fully saturated rings. The summed E-state index contributed by atoms with van der Waals surface area (Å²) < 4.78 is 0. The zero-order valence-corrected chi connectivity index (χ0v) is 10.3. The molecule has 92 valence electrons. The minimum Gasteiger partial charge on any atom is -0.465 e. The first-order valence-corrected chi connectivity index (χ1v) is 5.84. The maximum atomic E-state index is 11.3. The van der Waals surface area contributed by atoms with E-state index in [-0.39, 0.29) is 0 Å². The van der Waals surface area contributed by atoms with Crippen molar-refractivity contribution in [1.29, 1.82) is 0 Å². The fraction of sp³-hybridized carbons (Fsp3) is 0.0714. The topological polar surface area (TPSA) is 40.5 Å². The van der Waals surface area contributed by atoms with Crippen LogP contribution in [0.1, 0.15) is 5.56 Å². The predicted molar refractivity (Wildman–Crippen MR) is 72.1 cm³/mol. The van der Waals surface area contributed by atoms with Crippen LogP contribution in [0.3, 0.4) is 0 Å². The number of benzene rings is 2. The molecule has 2 rings (SSSR count). The number of amides is 1. The highest BCUT2D eigenvalue weighted by Crippen LogP contribution is 2.18. The van der Waals surface area contributed by atoms with Gasteiger partial charge in [0.25, 0.3) is 0 Å². The van der Waals surface area contributed by atoms with Crippen molar-refractivity contribution in [2.24, 2.45) is 0 Å². The third-order valence-electron chi connectivity index (χ3n) is 2.55. The number of hydrogen-bond donors (Lipinski definition) is 1. The third-order valence-corrected chi connectivity index (χ3v) is 2.80. The highest BCUT2D eigenvalue weighted by molar-refractivity contribution is 6.30. The van der Waals surface area contributed by atoms with Gasteiger partial charge in [-0.3, -0.25) is 4.90 Å². The van der Waals surface area contributed by atoms with Gasteiger partial charge in [0, 0.05) is 10.7 Å². The Hall–Kier alpha value is -2.00. The van der Waals surface area contributed by atoms with Gasteiger partial charge in [-0.1, -0.05) is 41.9 Å². The van der Waals surface area contributed by atoms with Crippen LogP contribution in [-0.2, 0) is 6.54 Å². The van der Waals surface area contributed by atoms with Crippen LogP contribution < -0.4 is 4.90 Å². The smallest absolute Gasteiger partial charge is 0.412 e. The van der Waals surface area contributed by atoms with Crippen LogP contribution in [0, 0.1) is 0 Å². The summed E-state index contributed by atoms with van der Waals surface area (Å²) in [5.41, 5.74) is 1.55. The Morgan fingerprint density at radius 3 is 2.22 bits per heavy atom. The Labute approximate surface area is 110 Å². The maximum absolute atomic E-state index is 11.3. The molecule has 2 aromatic rings. The molecule has 1 N–H and O–H groups in total. The van der Waals surface area contributed by atoms with Crippen molar-refractivity contribution in [2.45, 2.75) is 6.54 Å². The van der Waals surface area contributed by atoms with Gasteiger partial charge < -0.3 is 5.11 Å². The second kappa shape index (κ2) is 5.56. The van der Waals surface area contributed by atoms with Gasteiger partial charge in [0.05, 0.1) is 6.54 Å². The zero-order chi connectivity index (χ0) is 13.0. The van der Waals surface area contributed by atoms with E-state index in [0.717, 1.165) is 5.56 Å². The molecule has 18 heavy (non-hydrogen) atoms. The molecule has 2 aromatic carbocycles. The number of carboxylic acid groups (broad SMARTS) is 1. The van der Waals surface area contributed by atoms with Crippen LogP contribution in [0.5, 0.6) is 0 Å². The van der Waals surface area contributed by atoms with E-state index < -0.39 is 6.09 Å². The summed E-state index contributed by atoms with van der Waals surface area (Å²) in [6.45, 7) is 0.302. The lowest BCUT2D eigenvalue weighted by Gasteiger charge is -2.19. The lowest BCUT2D eigenvalue weighted by molar-refractivity contribution is 0.201. The Bertz CT molecular complexity index is 525. The van der Waals surface area contributed by atoms with Crippen molar-refractivity contribution in [3.8, 4) is 0 Å². The molecule has 0 aliphatic carbocycles. The molecule has 0 unspecified atom stereocenters. The van der Waals surface area contributed by atoms with Gasteiger partial charge >= 0.3 is 6.09 Å². The summed E-state index contributed by atoms with van der Waals surface area (Å²) in [5, 5.41) is 9.88. The van der Waals surface area contributed by atoms with Gasteiger partial charge in [-0.15, -0.1) is 0 Å². The Morgan fingerprint density at radius 1 is 1.06 bits per heavy atom. The third kappa shape index (κ3) is 3.02. The molecule has 3 nitrogen and oxygen atoms in total. The first kappa shape index (κ1) is 12.5. The van der Waals surface area contributed by atoms with Gasteiger partial charge in [-0.05, 0) is 29.8 Å². The van der Waals surface area contributed by atoms with E-state index in [9.17, 15) is 9.90 Å². The first-order valence-electron chi connectivity index (χ1n) is 5.47. The molecule has 0 atom stereocenters. The molecule has 1 amide bonds. The molecule has 0 heterocycles. The van der Waals surface area contributed by atoms with E-state index in [1.807, 2.05) is 30.3 Å². The van der Waals surface area contributed by atoms with Gasteiger partial charge in [0.1, 0.15) is 0 Å². The van der Waals surface area contributed by atoms with Crippen molar-refractivity contribution in [3.63, 3.8) is 0 Å². The Morgan fingerprint density at radius 2 is 1.67 bits per heavy atom. The molecule has 4 heteroatoms. The molecule has 0 saturated heterocycles. The number of para-hydroxylation sites is 1. The summed E-state index contributed by atoms with van der Waals surface area (Å²) in [6, 6.07) is 16.2. The SMILES string of the molecule is O=C(O)N(Cc1ccc(Cl)cc1)c1ccccc1. The number of carbonyl (C=O) groups is 1. The fourth-order valence-electron chi connectivity index (χ4n) is 1.65. The molecular formula is C14H12ClNO2. The molecule has 0 spiro atoms. The maximum Gasteiger partial charge on any atom is 0.412 e. The summed E-state index contributed by atoms with van der Waals surface area (Å²) >= 11 is 5.80. The van der Waals surface area contributed by atoms with Crippen molar-refractivity contribution in [3.05, 3.63) is 65.2 Å². The molecule has 0 bridgehead atoms. The highest BCUT2D eigenvalue weighted by Gasteiger charge is 2.14. The zero-order valence-electron chi connectivity index (χ0n) is 9.58. The van der Waals surface area contributed by atoms with Crippen molar-refractivity contribution < 1.29 is 9.90 Å². The van der Waals surface area contributed by atoms with Gasteiger partial charge in [0.15, 0.2) is 0 Å². The van der Waals surface area contributed by atoms with E-state index in [1.165, 1.54) is 4.90 Å². The van der Waals surface area contributed by atoms with Crippen LogP contribution in [0.15, 0.2) is 54.6 Å². The average molecular weight is 262 g/mol. The normalized spacial score (nSPS) is 10.1. The van der Waals surface area contributed by atoms with Gasteiger partial charge in [0.2, 0.25) is 0 Å². The summed E-state index contributed by atoms with van der Waals surface area (Å²) in [7, 11) is 0. The van der Waals surface area contributed by atoms with E-state index in [1.54, 1.807) is 24.3 Å². The standard InChI is InChI=1S/C14H12ClNO2/c15-12-8-6-11(7-9-12)10-16(14(17)18)13-4-2-1-3-5-13/h1-9H,10H2,(H,17,18). The molecule has 0 aromatic heterocycles. The van der Waals surface area contributed by atoms with Crippen LogP contribution in [0.25, 0.3) is 0 Å². The first-order chi connectivity index (χ1) is 8.66. The number of nitrogens with zero attached hydrogens (tertiary/aromatic N) is 1. The molecule has 0 radical (unpaired) electrons. The quantitative estimate of drug-likeness (QED) is 0.906. The van der Waals surface area contributed by atoms with Crippen LogP contribution >= 0.6 is 11.6 Å². The monoisotopic (exact) mass is 261 g/mol. The molecule has 0 aliphatic rings. The highest BCUT2D eigenvalue weighted by atomic mass is 35.5. The van der Waals surface area contributed by atoms with Gasteiger partial charge in [-0.2, -0.15) is 0 Å². The second-order valence-corrected chi connectivity index (χ2v) is 4.27. The minimum atomic E-state index is -0.976. The van der Waals surface area contributed by atoms with Crippen molar-refractivity contribution >= 4 is 23.4 Å². The number of hydrogen-bond acceptors (Lipinski definition) is 1. The van der Waals surface area contributed by atoms with Crippen LogP contribution in [0.4, 0.5) is 10.5 Å². The van der Waals surface area contributed by atoms with E-state index >= 15 is 0 Å². The Kier molecular flexibility index (Phi) is 3.85. The van der Waals surface area contributed by atoms with Gasteiger partial charge in [-0.25, -0.2) is 4.79 Å². The molecular weight excluding hydrogens is 250 g/mol. The summed E-state index contributed by atoms with van der Waals surface area (Å²) in [5.74, 6) is 0. The van der Waals surface area contributed by atoms with Crippen molar-refractivity contribution in [2.75, 3.05) is 4.90 Å². The lowest BCUT2D eigenvalue weighted by atomic mass is 10.2. The number of rotatable bonds is 3. The number of anilines is 1. The number of halogens is 1. The van der Waals surface area contributed by atoms with E-state index in [2.05, 4.69) is 0 Å². The summed E-state index contributed by atoms with van der Waals surface area (Å²) in [4.78, 5) is 12.6.